The number of rotatable bonds is 14. The van der Waals surface area contributed by atoms with E-state index in [9.17, 15) is 4.79 Å². The van der Waals surface area contributed by atoms with Gasteiger partial charge in [0.15, 0.2) is 11.7 Å². The molecule has 3 N–H and O–H groups in total. The SMILES string of the molecule is CCCCOCCOCCNC(=NC)NCCCNC(=O)c1occc1C.I. The Labute approximate surface area is 185 Å². The van der Waals surface area contributed by atoms with Gasteiger partial charge in [-0.2, -0.15) is 0 Å². The number of aliphatic imine (C=N–C) groups is 1. The molecule has 0 spiro atoms. The van der Waals surface area contributed by atoms with Crippen molar-refractivity contribution in [1.29, 1.82) is 0 Å². The number of furan rings is 1. The lowest BCUT2D eigenvalue weighted by atomic mass is 10.2. The minimum Gasteiger partial charge on any atom is -0.459 e. The van der Waals surface area contributed by atoms with Crippen LogP contribution < -0.4 is 16.0 Å². The van der Waals surface area contributed by atoms with Crippen LogP contribution in [-0.4, -0.2) is 65.0 Å². The van der Waals surface area contributed by atoms with E-state index in [1.54, 1.807) is 13.1 Å². The number of unbranched alkanes of at least 4 members (excludes halogenated alkanes) is 1. The van der Waals surface area contributed by atoms with E-state index in [1.165, 1.54) is 6.26 Å². The van der Waals surface area contributed by atoms with E-state index in [1.807, 2.05) is 6.92 Å². The van der Waals surface area contributed by atoms with Gasteiger partial charge in [0, 0.05) is 38.9 Å². The lowest BCUT2D eigenvalue weighted by Crippen LogP contribution is -2.40. The van der Waals surface area contributed by atoms with Crippen LogP contribution >= 0.6 is 24.0 Å². The second-order valence-corrected chi connectivity index (χ2v) is 6.05. The van der Waals surface area contributed by atoms with Crippen LogP contribution in [0.5, 0.6) is 0 Å². The Morgan fingerprint density at radius 2 is 1.71 bits per heavy atom. The van der Waals surface area contributed by atoms with Crippen LogP contribution in [0.3, 0.4) is 0 Å². The smallest absolute Gasteiger partial charge is 0.287 e. The normalized spacial score (nSPS) is 11.0. The van der Waals surface area contributed by atoms with Crippen LogP contribution in [-0.2, 0) is 9.47 Å². The summed E-state index contributed by atoms with van der Waals surface area (Å²) in [5.41, 5.74) is 0.838. The number of carbonyl (C=O) groups is 1. The van der Waals surface area contributed by atoms with Crippen molar-refractivity contribution >= 4 is 35.8 Å². The van der Waals surface area contributed by atoms with Crippen molar-refractivity contribution in [2.45, 2.75) is 33.1 Å². The van der Waals surface area contributed by atoms with Gasteiger partial charge in [-0.25, -0.2) is 0 Å². The van der Waals surface area contributed by atoms with Gasteiger partial charge in [0.05, 0.1) is 26.1 Å². The summed E-state index contributed by atoms with van der Waals surface area (Å²) >= 11 is 0. The largest absolute Gasteiger partial charge is 0.459 e. The maximum Gasteiger partial charge on any atom is 0.287 e. The highest BCUT2D eigenvalue weighted by atomic mass is 127. The molecular formula is C19H35IN4O4. The molecule has 0 aliphatic rings. The van der Waals surface area contributed by atoms with Crippen molar-refractivity contribution in [3.63, 3.8) is 0 Å². The highest BCUT2D eigenvalue weighted by Gasteiger charge is 2.11. The Balaban J connectivity index is 0.00000729. The first-order valence-electron chi connectivity index (χ1n) is 9.61. The molecule has 0 aliphatic heterocycles. The molecule has 0 saturated heterocycles. The maximum absolute atomic E-state index is 11.9. The molecule has 0 radical (unpaired) electrons. The van der Waals surface area contributed by atoms with Crippen LogP contribution in [0.25, 0.3) is 0 Å². The Hall–Kier alpha value is -1.33. The molecule has 0 fully saturated rings. The first-order chi connectivity index (χ1) is 13.2. The van der Waals surface area contributed by atoms with E-state index in [0.717, 1.165) is 31.4 Å². The van der Waals surface area contributed by atoms with E-state index in [2.05, 4.69) is 27.9 Å². The highest BCUT2D eigenvalue weighted by molar-refractivity contribution is 14.0. The second-order valence-electron chi connectivity index (χ2n) is 6.05. The van der Waals surface area contributed by atoms with Gasteiger partial charge >= 0.3 is 0 Å². The first-order valence-corrected chi connectivity index (χ1v) is 9.61. The van der Waals surface area contributed by atoms with Gasteiger partial charge in [0.2, 0.25) is 0 Å². The van der Waals surface area contributed by atoms with E-state index in [-0.39, 0.29) is 29.9 Å². The van der Waals surface area contributed by atoms with Gasteiger partial charge in [0.1, 0.15) is 0 Å². The number of halogens is 1. The molecule has 0 atom stereocenters. The van der Waals surface area contributed by atoms with Crippen molar-refractivity contribution in [3.8, 4) is 0 Å². The molecular weight excluding hydrogens is 475 g/mol. The zero-order chi connectivity index (χ0) is 19.7. The summed E-state index contributed by atoms with van der Waals surface area (Å²) in [4.78, 5) is 16.0. The molecule has 28 heavy (non-hydrogen) atoms. The number of nitrogens with one attached hydrogen (secondary N) is 3. The fourth-order valence-electron chi connectivity index (χ4n) is 2.21. The molecule has 162 valence electrons. The Kier molecular flexibility index (Phi) is 16.9. The predicted octanol–water partition coefficient (Wildman–Crippen LogP) is 2.32. The summed E-state index contributed by atoms with van der Waals surface area (Å²) in [6.45, 7) is 8.55. The summed E-state index contributed by atoms with van der Waals surface area (Å²) in [6, 6.07) is 1.77. The highest BCUT2D eigenvalue weighted by Crippen LogP contribution is 2.07. The summed E-state index contributed by atoms with van der Waals surface area (Å²) in [5, 5.41) is 9.22. The average Bonchev–Trinajstić information content (AvgIpc) is 3.10. The average molecular weight is 510 g/mol. The van der Waals surface area contributed by atoms with Crippen LogP contribution in [0.4, 0.5) is 0 Å². The molecule has 0 bridgehead atoms. The summed E-state index contributed by atoms with van der Waals surface area (Å²) in [7, 11) is 1.72. The third kappa shape index (κ3) is 12.2. The number of guanidine groups is 1. The van der Waals surface area contributed by atoms with Crippen molar-refractivity contribution in [2.75, 3.05) is 53.1 Å². The molecule has 9 heteroatoms. The van der Waals surface area contributed by atoms with E-state index in [0.29, 0.717) is 51.2 Å². The molecule has 1 amide bonds. The number of aryl methyl sites for hydroxylation is 1. The summed E-state index contributed by atoms with van der Waals surface area (Å²) in [6.07, 6.45) is 4.53. The van der Waals surface area contributed by atoms with Crippen molar-refractivity contribution in [2.24, 2.45) is 4.99 Å². The number of hydrogen-bond acceptors (Lipinski definition) is 5. The van der Waals surface area contributed by atoms with Gasteiger partial charge in [-0.1, -0.05) is 13.3 Å². The van der Waals surface area contributed by atoms with Crippen molar-refractivity contribution in [1.82, 2.24) is 16.0 Å². The molecule has 1 heterocycles. The number of hydrogen-bond donors (Lipinski definition) is 3. The quantitative estimate of drug-likeness (QED) is 0.154. The minimum atomic E-state index is -0.184. The van der Waals surface area contributed by atoms with Gasteiger partial charge in [0.25, 0.3) is 5.91 Å². The molecule has 8 nitrogen and oxygen atoms in total. The third-order valence-electron chi connectivity index (χ3n) is 3.78. The second kappa shape index (κ2) is 17.7. The molecule has 1 aromatic rings. The molecule has 1 aromatic heterocycles. The topological polar surface area (TPSA) is 97.1 Å². The van der Waals surface area contributed by atoms with E-state index >= 15 is 0 Å². The van der Waals surface area contributed by atoms with Crippen LogP contribution in [0.2, 0.25) is 0 Å². The molecule has 0 aliphatic carbocycles. The lowest BCUT2D eigenvalue weighted by Gasteiger charge is -2.12. The Bertz CT molecular complexity index is 552. The molecule has 0 aromatic carbocycles. The van der Waals surface area contributed by atoms with Crippen LogP contribution in [0.15, 0.2) is 21.7 Å². The number of carbonyl (C=O) groups excluding carboxylic acids is 1. The van der Waals surface area contributed by atoms with Crippen molar-refractivity contribution in [3.05, 3.63) is 23.7 Å². The fourth-order valence-corrected chi connectivity index (χ4v) is 2.21. The molecule has 1 rings (SSSR count). The van der Waals surface area contributed by atoms with Gasteiger partial charge in [-0.15, -0.1) is 24.0 Å². The van der Waals surface area contributed by atoms with E-state index < -0.39 is 0 Å². The predicted molar refractivity (Wildman–Crippen MR) is 122 cm³/mol. The van der Waals surface area contributed by atoms with E-state index in [4.69, 9.17) is 13.9 Å². The summed E-state index contributed by atoms with van der Waals surface area (Å²) in [5.74, 6) is 0.901. The lowest BCUT2D eigenvalue weighted by molar-refractivity contribution is 0.0487. The molecule has 0 unspecified atom stereocenters. The standard InChI is InChI=1S/C19H34N4O4.HI/c1-4-5-11-25-14-15-26-13-10-23-19(20-3)22-9-6-8-21-18(24)17-16(2)7-12-27-17;/h7,12H,4-6,8-11,13-15H2,1-3H3,(H,21,24)(H2,20,22,23);1H. The fraction of sp³-hybridized carbons (Fsp3) is 0.684. The Morgan fingerprint density at radius 3 is 2.36 bits per heavy atom. The first kappa shape index (κ1) is 26.7. The van der Waals surface area contributed by atoms with Gasteiger partial charge in [-0.3, -0.25) is 9.79 Å². The number of amides is 1. The summed E-state index contributed by atoms with van der Waals surface area (Å²) < 4.78 is 16.1. The molecule has 0 saturated carbocycles. The van der Waals surface area contributed by atoms with Gasteiger partial charge in [-0.05, 0) is 25.8 Å². The third-order valence-corrected chi connectivity index (χ3v) is 3.78. The van der Waals surface area contributed by atoms with Crippen LogP contribution in [0, 0.1) is 6.92 Å². The monoisotopic (exact) mass is 510 g/mol. The number of nitrogens with zero attached hydrogens (tertiary/aromatic N) is 1. The minimum absolute atomic E-state index is 0. The van der Waals surface area contributed by atoms with Crippen molar-refractivity contribution < 1.29 is 18.7 Å². The zero-order valence-corrected chi connectivity index (χ0v) is 19.5. The zero-order valence-electron chi connectivity index (χ0n) is 17.2. The number of ether oxygens (including phenoxy) is 2. The Morgan fingerprint density at radius 1 is 1.04 bits per heavy atom. The van der Waals surface area contributed by atoms with Crippen LogP contribution in [0.1, 0.15) is 42.3 Å². The van der Waals surface area contributed by atoms with Gasteiger partial charge < -0.3 is 29.8 Å². The maximum atomic E-state index is 11.9.